The summed E-state index contributed by atoms with van der Waals surface area (Å²) >= 11 is 0. The molecule has 0 aromatic heterocycles. The lowest BCUT2D eigenvalue weighted by Gasteiger charge is -2.15. The lowest BCUT2D eigenvalue weighted by atomic mass is 10.0. The third-order valence-corrected chi connectivity index (χ3v) is 4.79. The number of anilines is 1. The average molecular weight is 364 g/mol. The second-order valence-electron chi connectivity index (χ2n) is 7.35. The lowest BCUT2D eigenvalue weighted by molar-refractivity contribution is -0.128. The number of amides is 1. The Balaban J connectivity index is 1.60. The smallest absolute Gasteiger partial charge is 0.222 e. The van der Waals surface area contributed by atoms with Crippen LogP contribution >= 0.6 is 0 Å². The molecule has 0 aliphatic carbocycles. The number of likely N-dealkylation sites (tertiary alicyclic amines) is 1. The van der Waals surface area contributed by atoms with Gasteiger partial charge in [-0.1, -0.05) is 50.2 Å². The van der Waals surface area contributed by atoms with Crippen molar-refractivity contribution in [3.8, 4) is 0 Å². The van der Waals surface area contributed by atoms with Gasteiger partial charge in [-0.15, -0.1) is 0 Å². The minimum atomic E-state index is 0.246. The number of rotatable bonds is 6. The fraction of sp³-hybridized carbons (Fsp3) is 0.364. The van der Waals surface area contributed by atoms with Gasteiger partial charge in [0.05, 0.1) is 6.54 Å². The van der Waals surface area contributed by atoms with Gasteiger partial charge in [0.1, 0.15) is 0 Å². The molecule has 1 aliphatic heterocycles. The molecule has 0 saturated carbocycles. The Hall–Kier alpha value is -2.82. The van der Waals surface area contributed by atoms with E-state index >= 15 is 0 Å². The van der Waals surface area contributed by atoms with Crippen molar-refractivity contribution in [2.45, 2.75) is 45.7 Å². The van der Waals surface area contributed by atoms with Crippen molar-refractivity contribution in [2.75, 3.05) is 11.9 Å². The minimum absolute atomic E-state index is 0.246. The molecule has 1 saturated heterocycles. The van der Waals surface area contributed by atoms with E-state index in [0.717, 1.165) is 29.8 Å². The van der Waals surface area contributed by atoms with Crippen LogP contribution in [0, 0.1) is 0 Å². The molecule has 0 radical (unpaired) electrons. The van der Waals surface area contributed by atoms with Gasteiger partial charge in [-0.2, -0.15) is 0 Å². The molecule has 0 atom stereocenters. The molecule has 27 heavy (non-hydrogen) atoms. The van der Waals surface area contributed by atoms with Gasteiger partial charge in [0.15, 0.2) is 5.96 Å². The summed E-state index contributed by atoms with van der Waals surface area (Å²) in [5.74, 6) is 1.11. The molecule has 1 fully saturated rings. The third kappa shape index (κ3) is 5.33. The Labute approximate surface area is 161 Å². The predicted molar refractivity (Wildman–Crippen MR) is 111 cm³/mol. The Morgan fingerprint density at radius 1 is 1.19 bits per heavy atom. The summed E-state index contributed by atoms with van der Waals surface area (Å²) in [5, 5.41) is 3.16. The van der Waals surface area contributed by atoms with E-state index in [-0.39, 0.29) is 5.91 Å². The zero-order chi connectivity index (χ0) is 19.2. The highest BCUT2D eigenvalue weighted by Gasteiger charge is 2.19. The summed E-state index contributed by atoms with van der Waals surface area (Å²) in [6, 6.07) is 16.4. The zero-order valence-corrected chi connectivity index (χ0v) is 16.1. The van der Waals surface area contributed by atoms with E-state index in [2.05, 4.69) is 48.4 Å². The molecule has 2 aromatic carbocycles. The number of carbonyl (C=O) groups excluding carboxylic acids is 1. The highest BCUT2D eigenvalue weighted by Crippen LogP contribution is 2.18. The molecule has 1 heterocycles. The quantitative estimate of drug-likeness (QED) is 0.604. The number of hydrogen-bond donors (Lipinski definition) is 2. The molecule has 2 aromatic rings. The first kappa shape index (κ1) is 19.0. The van der Waals surface area contributed by atoms with E-state index in [4.69, 9.17) is 5.73 Å². The number of nitrogens with zero attached hydrogens (tertiary/aromatic N) is 2. The number of nitrogens with one attached hydrogen (secondary N) is 1. The predicted octanol–water partition coefficient (Wildman–Crippen LogP) is 3.86. The van der Waals surface area contributed by atoms with Gasteiger partial charge in [-0.05, 0) is 41.2 Å². The standard InChI is InChI=1S/C22H28N4O/c1-16(2)19-8-4-9-20(13-19)25-22(23)24-14-17-6-3-7-18(12-17)15-26-11-5-10-21(26)27/h3-4,6-9,12-13,16H,5,10-11,14-15H2,1-2H3,(H3,23,24,25). The van der Waals surface area contributed by atoms with Crippen LogP contribution in [0.2, 0.25) is 0 Å². The van der Waals surface area contributed by atoms with Gasteiger partial charge in [-0.25, -0.2) is 4.99 Å². The van der Waals surface area contributed by atoms with E-state index in [1.165, 1.54) is 5.56 Å². The molecule has 1 amide bonds. The van der Waals surface area contributed by atoms with Gasteiger partial charge in [0.25, 0.3) is 0 Å². The van der Waals surface area contributed by atoms with Gasteiger partial charge >= 0.3 is 0 Å². The van der Waals surface area contributed by atoms with E-state index in [0.29, 0.717) is 31.4 Å². The SMILES string of the molecule is CC(C)c1cccc(NC(N)=NCc2cccc(CN3CCCC3=O)c2)c1. The maximum Gasteiger partial charge on any atom is 0.222 e. The summed E-state index contributed by atoms with van der Waals surface area (Å²) < 4.78 is 0. The molecule has 1 aliphatic rings. The highest BCUT2D eigenvalue weighted by molar-refractivity contribution is 5.92. The summed E-state index contributed by atoms with van der Waals surface area (Å²) in [4.78, 5) is 18.2. The summed E-state index contributed by atoms with van der Waals surface area (Å²) in [5.41, 5.74) is 10.5. The van der Waals surface area contributed by atoms with Crippen LogP contribution in [0.4, 0.5) is 5.69 Å². The van der Waals surface area contributed by atoms with Crippen LogP contribution in [0.1, 0.15) is 49.3 Å². The zero-order valence-electron chi connectivity index (χ0n) is 16.1. The molecule has 5 heteroatoms. The van der Waals surface area contributed by atoms with Crippen molar-refractivity contribution in [3.05, 3.63) is 65.2 Å². The lowest BCUT2D eigenvalue weighted by Crippen LogP contribution is -2.24. The summed E-state index contributed by atoms with van der Waals surface area (Å²) in [7, 11) is 0. The second kappa shape index (κ2) is 8.71. The highest BCUT2D eigenvalue weighted by atomic mass is 16.2. The van der Waals surface area contributed by atoms with Gasteiger partial charge < -0.3 is 16.0 Å². The van der Waals surface area contributed by atoms with Crippen LogP contribution in [0.3, 0.4) is 0 Å². The van der Waals surface area contributed by atoms with Crippen molar-refractivity contribution in [1.29, 1.82) is 0 Å². The van der Waals surface area contributed by atoms with Crippen molar-refractivity contribution in [3.63, 3.8) is 0 Å². The molecular formula is C22H28N4O. The van der Waals surface area contributed by atoms with E-state index in [1.54, 1.807) is 0 Å². The van der Waals surface area contributed by atoms with E-state index < -0.39 is 0 Å². The first-order valence-electron chi connectivity index (χ1n) is 9.54. The Kier molecular flexibility index (Phi) is 6.12. The molecule has 5 nitrogen and oxygen atoms in total. The van der Waals surface area contributed by atoms with Crippen molar-refractivity contribution in [2.24, 2.45) is 10.7 Å². The average Bonchev–Trinajstić information content (AvgIpc) is 3.05. The first-order chi connectivity index (χ1) is 13.0. The Morgan fingerprint density at radius 2 is 1.96 bits per heavy atom. The largest absolute Gasteiger partial charge is 0.370 e. The van der Waals surface area contributed by atoms with Crippen LogP contribution in [0.25, 0.3) is 0 Å². The molecular weight excluding hydrogens is 336 g/mol. The maximum absolute atomic E-state index is 11.8. The summed E-state index contributed by atoms with van der Waals surface area (Å²) in [6.07, 6.45) is 1.63. The molecule has 3 N–H and O–H groups in total. The Morgan fingerprint density at radius 3 is 2.70 bits per heavy atom. The van der Waals surface area contributed by atoms with Crippen LogP contribution in [-0.4, -0.2) is 23.3 Å². The maximum atomic E-state index is 11.8. The number of aliphatic imine (C=N–C) groups is 1. The van der Waals surface area contributed by atoms with Gasteiger partial charge in [-0.3, -0.25) is 4.79 Å². The molecule has 0 unspecified atom stereocenters. The fourth-order valence-electron chi connectivity index (χ4n) is 3.26. The molecule has 3 rings (SSSR count). The van der Waals surface area contributed by atoms with Crippen molar-refractivity contribution in [1.82, 2.24) is 4.90 Å². The fourth-order valence-corrected chi connectivity index (χ4v) is 3.26. The normalized spacial score (nSPS) is 14.9. The number of nitrogens with two attached hydrogens (primary N) is 1. The van der Waals surface area contributed by atoms with Gasteiger partial charge in [0, 0.05) is 25.2 Å². The number of benzene rings is 2. The van der Waals surface area contributed by atoms with E-state index in [9.17, 15) is 4.79 Å². The number of carbonyl (C=O) groups is 1. The number of hydrogen-bond acceptors (Lipinski definition) is 2. The van der Waals surface area contributed by atoms with Crippen LogP contribution < -0.4 is 11.1 Å². The molecule has 142 valence electrons. The monoisotopic (exact) mass is 364 g/mol. The summed E-state index contributed by atoms with van der Waals surface area (Å²) in [6.45, 7) is 6.36. The first-order valence-corrected chi connectivity index (χ1v) is 9.54. The van der Waals surface area contributed by atoms with Crippen LogP contribution in [0.5, 0.6) is 0 Å². The molecule has 0 spiro atoms. The van der Waals surface area contributed by atoms with Gasteiger partial charge in [0.2, 0.25) is 5.91 Å². The second-order valence-corrected chi connectivity index (χ2v) is 7.35. The van der Waals surface area contributed by atoms with Crippen LogP contribution in [-0.2, 0) is 17.9 Å². The Bertz CT molecular complexity index is 829. The van der Waals surface area contributed by atoms with Crippen LogP contribution in [0.15, 0.2) is 53.5 Å². The third-order valence-electron chi connectivity index (χ3n) is 4.79. The minimum Gasteiger partial charge on any atom is -0.370 e. The van der Waals surface area contributed by atoms with E-state index in [1.807, 2.05) is 29.2 Å². The van der Waals surface area contributed by atoms with Crippen molar-refractivity contribution < 1.29 is 4.79 Å². The van der Waals surface area contributed by atoms with Crippen molar-refractivity contribution >= 4 is 17.6 Å². The number of guanidine groups is 1. The topological polar surface area (TPSA) is 70.7 Å². The molecule has 0 bridgehead atoms.